The molecule has 2 aliphatic heterocycles. The first-order valence-electron chi connectivity index (χ1n) is 9.28. The molecule has 1 aromatic heterocycles. The van der Waals surface area contributed by atoms with E-state index in [1.165, 1.54) is 0 Å². The minimum Gasteiger partial charge on any atom is -0.463 e. The van der Waals surface area contributed by atoms with E-state index in [0.29, 0.717) is 5.02 Å². The predicted molar refractivity (Wildman–Crippen MR) is 101 cm³/mol. The molecule has 2 unspecified atom stereocenters. The fourth-order valence-electron chi connectivity index (χ4n) is 3.85. The van der Waals surface area contributed by atoms with Crippen LogP contribution >= 0.6 is 11.6 Å². The van der Waals surface area contributed by atoms with Crippen LogP contribution in [0.4, 0.5) is 0 Å². The molecule has 5 nitrogen and oxygen atoms in total. The topological polar surface area (TPSA) is 57.5 Å². The van der Waals surface area contributed by atoms with E-state index in [1.54, 1.807) is 12.1 Å². The number of nitrogens with one attached hydrogen (secondary N) is 2. The molecular formula is C20H24ClN3O2. The molecule has 0 aliphatic carbocycles. The van der Waals surface area contributed by atoms with E-state index in [-0.39, 0.29) is 17.7 Å². The minimum absolute atomic E-state index is 0.0417. The summed E-state index contributed by atoms with van der Waals surface area (Å²) >= 11 is 5.93. The number of carbonyl (C=O) groups is 1. The van der Waals surface area contributed by atoms with Gasteiger partial charge in [-0.1, -0.05) is 11.6 Å². The minimum atomic E-state index is 0.0417. The number of rotatable bonds is 5. The summed E-state index contributed by atoms with van der Waals surface area (Å²) in [6, 6.07) is 11.6. The van der Waals surface area contributed by atoms with Crippen molar-refractivity contribution in [2.24, 2.45) is 5.92 Å². The summed E-state index contributed by atoms with van der Waals surface area (Å²) in [5, 5.41) is 0.660. The highest BCUT2D eigenvalue weighted by Crippen LogP contribution is 2.25. The number of nitrogens with zero attached hydrogens (tertiary/aromatic N) is 1. The summed E-state index contributed by atoms with van der Waals surface area (Å²) in [7, 11) is 0. The molecule has 0 saturated carbocycles. The van der Waals surface area contributed by atoms with Crippen molar-refractivity contribution in [1.29, 1.82) is 0 Å². The van der Waals surface area contributed by atoms with E-state index in [9.17, 15) is 4.79 Å². The molecule has 2 saturated heterocycles. The highest BCUT2D eigenvalue weighted by atomic mass is 35.5. The number of Topliss-reactive ketones (excluding diaryl/α,β-unsaturated/α-hetero) is 1. The maximum atomic E-state index is 12.8. The van der Waals surface area contributed by atoms with E-state index in [1.807, 2.05) is 12.1 Å². The van der Waals surface area contributed by atoms with Crippen LogP contribution in [-0.4, -0.2) is 30.3 Å². The zero-order valence-electron chi connectivity index (χ0n) is 14.7. The van der Waals surface area contributed by atoms with Crippen LogP contribution in [0.5, 0.6) is 0 Å². The van der Waals surface area contributed by atoms with Crippen LogP contribution in [0.3, 0.4) is 0 Å². The van der Waals surface area contributed by atoms with Gasteiger partial charge in [-0.05, 0) is 62.2 Å². The van der Waals surface area contributed by atoms with Crippen LogP contribution in [0.25, 0.3) is 0 Å². The molecule has 1 aromatic carbocycles. The van der Waals surface area contributed by atoms with Gasteiger partial charge in [0.15, 0.2) is 5.78 Å². The number of halogens is 1. The Morgan fingerprint density at radius 2 is 2.04 bits per heavy atom. The van der Waals surface area contributed by atoms with E-state index >= 15 is 0 Å². The summed E-state index contributed by atoms with van der Waals surface area (Å²) in [6.45, 7) is 3.50. The van der Waals surface area contributed by atoms with Gasteiger partial charge in [0, 0.05) is 29.6 Å². The molecule has 2 atom stereocenters. The molecule has 2 aromatic rings. The van der Waals surface area contributed by atoms with Gasteiger partial charge in [0.05, 0.1) is 12.6 Å². The summed E-state index contributed by atoms with van der Waals surface area (Å²) in [5.41, 5.74) is 7.11. The van der Waals surface area contributed by atoms with Crippen LogP contribution in [0.2, 0.25) is 5.02 Å². The van der Waals surface area contributed by atoms with E-state index < -0.39 is 0 Å². The molecule has 0 radical (unpaired) electrons. The van der Waals surface area contributed by atoms with Crippen LogP contribution in [-0.2, 0) is 6.54 Å². The third-order valence-electron chi connectivity index (χ3n) is 5.24. The van der Waals surface area contributed by atoms with Gasteiger partial charge in [0.25, 0.3) is 0 Å². The van der Waals surface area contributed by atoms with Crippen molar-refractivity contribution in [3.63, 3.8) is 0 Å². The Morgan fingerprint density at radius 3 is 2.81 bits per heavy atom. The second-order valence-electron chi connectivity index (χ2n) is 7.16. The van der Waals surface area contributed by atoms with Gasteiger partial charge in [-0.25, -0.2) is 5.43 Å². The number of benzene rings is 1. The number of ketones is 1. The maximum absolute atomic E-state index is 12.8. The third kappa shape index (κ3) is 4.01. The second kappa shape index (κ2) is 7.92. The Balaban J connectivity index is 1.37. The number of hydrogen-bond donors (Lipinski definition) is 2. The average molecular weight is 374 g/mol. The zero-order valence-corrected chi connectivity index (χ0v) is 15.5. The van der Waals surface area contributed by atoms with Crippen molar-refractivity contribution in [2.75, 3.05) is 19.6 Å². The highest BCUT2D eigenvalue weighted by molar-refractivity contribution is 6.30. The molecule has 3 heterocycles. The van der Waals surface area contributed by atoms with E-state index in [4.69, 9.17) is 16.0 Å². The standard InChI is InChI=1S/C20H24ClN3O2/c21-16-5-3-14(4-6-16)20(25)15-2-1-11-24(12-15)13-17-7-8-19(26-17)18-9-10-22-23-18/h3-8,15,18,22-23H,1-2,9-13H2. The first-order valence-corrected chi connectivity index (χ1v) is 9.66. The Bertz CT molecular complexity index is 753. The lowest BCUT2D eigenvalue weighted by Crippen LogP contribution is -2.38. The largest absolute Gasteiger partial charge is 0.463 e. The van der Waals surface area contributed by atoms with E-state index in [0.717, 1.165) is 62.5 Å². The van der Waals surface area contributed by atoms with Crippen molar-refractivity contribution in [3.05, 3.63) is 58.5 Å². The lowest BCUT2D eigenvalue weighted by atomic mass is 9.90. The average Bonchev–Trinajstić information content (AvgIpc) is 3.34. The molecule has 26 heavy (non-hydrogen) atoms. The van der Waals surface area contributed by atoms with Gasteiger partial charge in [0.2, 0.25) is 0 Å². The van der Waals surface area contributed by atoms with Crippen molar-refractivity contribution in [1.82, 2.24) is 15.8 Å². The molecule has 2 aliphatic rings. The molecule has 138 valence electrons. The Labute approximate surface area is 158 Å². The SMILES string of the molecule is O=C(c1ccc(Cl)cc1)C1CCCN(Cc2ccc(C3CCNN3)o2)C1. The van der Waals surface area contributed by atoms with Crippen molar-refractivity contribution in [3.8, 4) is 0 Å². The summed E-state index contributed by atoms with van der Waals surface area (Å²) < 4.78 is 6.02. The molecule has 0 bridgehead atoms. The van der Waals surface area contributed by atoms with Crippen LogP contribution in [0.15, 0.2) is 40.8 Å². The highest BCUT2D eigenvalue weighted by Gasteiger charge is 2.27. The fraction of sp³-hybridized carbons (Fsp3) is 0.450. The summed E-state index contributed by atoms with van der Waals surface area (Å²) in [5.74, 6) is 2.21. The Morgan fingerprint density at radius 1 is 1.19 bits per heavy atom. The third-order valence-corrected chi connectivity index (χ3v) is 5.50. The second-order valence-corrected chi connectivity index (χ2v) is 7.60. The predicted octanol–water partition coefficient (Wildman–Crippen LogP) is 3.57. The monoisotopic (exact) mass is 373 g/mol. The number of piperidine rings is 1. The fourth-order valence-corrected chi connectivity index (χ4v) is 3.97. The normalized spacial score (nSPS) is 24.0. The lowest BCUT2D eigenvalue weighted by molar-refractivity contribution is 0.0802. The number of hydrogen-bond acceptors (Lipinski definition) is 5. The first-order chi connectivity index (χ1) is 12.7. The Hall–Kier alpha value is -1.66. The van der Waals surface area contributed by atoms with Crippen molar-refractivity contribution in [2.45, 2.75) is 31.8 Å². The number of carbonyl (C=O) groups excluding carboxylic acids is 1. The van der Waals surface area contributed by atoms with Crippen molar-refractivity contribution < 1.29 is 9.21 Å². The van der Waals surface area contributed by atoms with Gasteiger partial charge in [-0.15, -0.1) is 0 Å². The molecule has 0 amide bonds. The van der Waals surface area contributed by atoms with Gasteiger partial charge in [-0.2, -0.15) is 0 Å². The maximum Gasteiger partial charge on any atom is 0.167 e. The molecule has 2 fully saturated rings. The van der Waals surface area contributed by atoms with Gasteiger partial charge in [-0.3, -0.25) is 15.1 Å². The van der Waals surface area contributed by atoms with Crippen LogP contribution in [0, 0.1) is 5.92 Å². The van der Waals surface area contributed by atoms with E-state index in [2.05, 4.69) is 27.9 Å². The molecule has 0 spiro atoms. The number of furan rings is 1. The number of likely N-dealkylation sites (tertiary alicyclic amines) is 1. The van der Waals surface area contributed by atoms with Gasteiger partial charge in [0.1, 0.15) is 11.5 Å². The van der Waals surface area contributed by atoms with Gasteiger partial charge >= 0.3 is 0 Å². The van der Waals surface area contributed by atoms with Gasteiger partial charge < -0.3 is 4.42 Å². The zero-order chi connectivity index (χ0) is 17.9. The molecule has 4 rings (SSSR count). The summed E-state index contributed by atoms with van der Waals surface area (Å²) in [4.78, 5) is 15.1. The van der Waals surface area contributed by atoms with Crippen LogP contribution in [0.1, 0.15) is 47.2 Å². The first kappa shape index (κ1) is 17.7. The molecular weight excluding hydrogens is 350 g/mol. The van der Waals surface area contributed by atoms with Crippen LogP contribution < -0.4 is 10.9 Å². The Kier molecular flexibility index (Phi) is 5.41. The number of hydrazine groups is 1. The quantitative estimate of drug-likeness (QED) is 0.785. The van der Waals surface area contributed by atoms with Crippen molar-refractivity contribution >= 4 is 17.4 Å². The molecule has 2 N–H and O–H groups in total. The smallest absolute Gasteiger partial charge is 0.167 e. The summed E-state index contributed by atoms with van der Waals surface area (Å²) in [6.07, 6.45) is 3.01. The lowest BCUT2D eigenvalue weighted by Gasteiger charge is -2.31. The molecule has 6 heteroatoms.